The Kier molecular flexibility index (Phi) is 6.28. The lowest BCUT2D eigenvalue weighted by Crippen LogP contribution is -2.32. The topological polar surface area (TPSA) is 62.4 Å². The van der Waals surface area contributed by atoms with Gasteiger partial charge in [0.2, 0.25) is 0 Å². The van der Waals surface area contributed by atoms with E-state index in [2.05, 4.69) is 4.98 Å². The smallest absolute Gasteiger partial charge is 0.258 e. The van der Waals surface area contributed by atoms with Crippen LogP contribution < -0.4 is 15.2 Å². The Morgan fingerprint density at radius 3 is 2.44 bits per heavy atom. The van der Waals surface area contributed by atoms with Gasteiger partial charge in [-0.05, 0) is 79.4 Å². The number of nitrogens with zero attached hydrogens (tertiary/aromatic N) is 1. The maximum absolute atomic E-state index is 13.4. The van der Waals surface area contributed by atoms with Crippen LogP contribution in [0.15, 0.2) is 77.6 Å². The molecule has 0 aliphatic heterocycles. The van der Waals surface area contributed by atoms with E-state index in [-0.39, 0.29) is 18.0 Å². The number of anilines is 1. The normalized spacial score (nSPS) is 10.8. The van der Waals surface area contributed by atoms with Gasteiger partial charge >= 0.3 is 0 Å². The maximum Gasteiger partial charge on any atom is 0.258 e. The van der Waals surface area contributed by atoms with Crippen molar-refractivity contribution in [3.63, 3.8) is 0 Å². The zero-order valence-corrected chi connectivity index (χ0v) is 18.6. The van der Waals surface area contributed by atoms with E-state index in [0.29, 0.717) is 34.2 Å². The second-order valence-electron chi connectivity index (χ2n) is 7.49. The summed E-state index contributed by atoms with van der Waals surface area (Å²) in [5.74, 6) is 0.490. The van der Waals surface area contributed by atoms with Crippen LogP contribution in [0.2, 0.25) is 5.02 Å². The van der Waals surface area contributed by atoms with Gasteiger partial charge in [0.05, 0.1) is 18.7 Å². The zero-order valence-electron chi connectivity index (χ0n) is 17.9. The third-order valence-electron chi connectivity index (χ3n) is 5.29. The van der Waals surface area contributed by atoms with E-state index in [1.165, 1.54) is 0 Å². The van der Waals surface area contributed by atoms with Crippen LogP contribution >= 0.6 is 11.6 Å². The molecule has 5 nitrogen and oxygen atoms in total. The van der Waals surface area contributed by atoms with E-state index in [4.69, 9.17) is 16.3 Å². The molecule has 0 unspecified atom stereocenters. The first kappa shape index (κ1) is 21.7. The number of halogens is 1. The van der Waals surface area contributed by atoms with Gasteiger partial charge in [0.15, 0.2) is 0 Å². The molecular formula is C26H23ClN2O3. The van der Waals surface area contributed by atoms with Gasteiger partial charge in [0.25, 0.3) is 11.5 Å². The molecule has 0 aliphatic carbocycles. The van der Waals surface area contributed by atoms with Crippen molar-refractivity contribution < 1.29 is 9.53 Å². The largest absolute Gasteiger partial charge is 0.494 e. The first-order valence-electron chi connectivity index (χ1n) is 10.4. The van der Waals surface area contributed by atoms with Crippen molar-refractivity contribution >= 4 is 34.1 Å². The van der Waals surface area contributed by atoms with Crippen molar-refractivity contribution in [3.8, 4) is 5.75 Å². The Bertz CT molecular complexity index is 1310. The molecule has 6 heteroatoms. The summed E-state index contributed by atoms with van der Waals surface area (Å²) in [6, 6.07) is 21.7. The van der Waals surface area contributed by atoms with E-state index in [9.17, 15) is 9.59 Å². The van der Waals surface area contributed by atoms with Gasteiger partial charge in [-0.15, -0.1) is 0 Å². The van der Waals surface area contributed by atoms with Gasteiger partial charge < -0.3 is 14.6 Å². The summed E-state index contributed by atoms with van der Waals surface area (Å²) in [5.41, 5.74) is 3.23. The molecule has 0 aliphatic rings. The monoisotopic (exact) mass is 446 g/mol. The van der Waals surface area contributed by atoms with Crippen LogP contribution in [0.5, 0.6) is 5.75 Å². The number of ether oxygens (including phenoxy) is 1. The highest BCUT2D eigenvalue weighted by atomic mass is 35.5. The number of hydrogen-bond acceptors (Lipinski definition) is 3. The van der Waals surface area contributed by atoms with Gasteiger partial charge in [-0.2, -0.15) is 0 Å². The second-order valence-corrected chi connectivity index (χ2v) is 7.92. The van der Waals surface area contributed by atoms with Crippen LogP contribution in [0, 0.1) is 6.92 Å². The highest BCUT2D eigenvalue weighted by Crippen LogP contribution is 2.24. The van der Waals surface area contributed by atoms with Gasteiger partial charge in [0, 0.05) is 21.8 Å². The second kappa shape index (κ2) is 9.28. The average Bonchev–Trinajstić information content (AvgIpc) is 2.79. The molecule has 0 saturated heterocycles. The number of carbonyl (C=O) groups excluding carboxylic acids is 1. The predicted octanol–water partition coefficient (Wildman–Crippen LogP) is 5.74. The van der Waals surface area contributed by atoms with Crippen LogP contribution in [-0.4, -0.2) is 17.5 Å². The molecule has 1 heterocycles. The first-order valence-corrected chi connectivity index (χ1v) is 10.8. The maximum atomic E-state index is 13.4. The molecule has 1 amide bonds. The number of hydrogen-bond donors (Lipinski definition) is 1. The summed E-state index contributed by atoms with van der Waals surface area (Å²) in [5, 5.41) is 1.47. The van der Waals surface area contributed by atoms with Gasteiger partial charge in [-0.1, -0.05) is 29.8 Å². The fraction of sp³-hybridized carbons (Fsp3) is 0.154. The number of benzene rings is 3. The molecule has 0 fully saturated rings. The standard InChI is InChI=1S/C26H23ClN2O3/c1-3-32-23-13-11-22(12-14-23)29(26(31)18-7-9-21(27)10-8-18)16-20-15-19-6-4-5-17(2)24(19)28-25(20)30/h4-15H,3,16H2,1-2H3,(H,28,30). The Morgan fingerprint density at radius 2 is 1.75 bits per heavy atom. The quantitative estimate of drug-likeness (QED) is 0.411. The summed E-state index contributed by atoms with van der Waals surface area (Å²) in [4.78, 5) is 30.9. The van der Waals surface area contributed by atoms with Crippen molar-refractivity contribution in [2.24, 2.45) is 0 Å². The lowest BCUT2D eigenvalue weighted by atomic mass is 10.1. The number of aryl methyl sites for hydroxylation is 1. The van der Waals surface area contributed by atoms with E-state index >= 15 is 0 Å². The molecule has 0 radical (unpaired) electrons. The summed E-state index contributed by atoms with van der Waals surface area (Å²) in [6.07, 6.45) is 0. The zero-order chi connectivity index (χ0) is 22.7. The highest BCUT2D eigenvalue weighted by Gasteiger charge is 2.20. The lowest BCUT2D eigenvalue weighted by molar-refractivity contribution is 0.0985. The minimum atomic E-state index is -0.227. The molecule has 0 saturated carbocycles. The van der Waals surface area contributed by atoms with E-state index in [1.807, 2.05) is 62.4 Å². The Balaban J connectivity index is 1.76. The molecule has 32 heavy (non-hydrogen) atoms. The average molecular weight is 447 g/mol. The number of aromatic nitrogens is 1. The molecule has 0 atom stereocenters. The van der Waals surface area contributed by atoms with Crippen LogP contribution in [0.25, 0.3) is 10.9 Å². The van der Waals surface area contributed by atoms with Crippen molar-refractivity contribution in [1.82, 2.24) is 4.98 Å². The van der Waals surface area contributed by atoms with Gasteiger partial charge in [-0.3, -0.25) is 9.59 Å². The van der Waals surface area contributed by atoms with Crippen LogP contribution in [0.4, 0.5) is 5.69 Å². The van der Waals surface area contributed by atoms with Crippen LogP contribution in [0.3, 0.4) is 0 Å². The van der Waals surface area contributed by atoms with Crippen LogP contribution in [-0.2, 0) is 6.54 Å². The number of fused-ring (bicyclic) bond motifs is 1. The molecule has 0 bridgehead atoms. The third kappa shape index (κ3) is 4.53. The number of H-pyrrole nitrogens is 1. The SMILES string of the molecule is CCOc1ccc(N(Cc2cc3cccc(C)c3[nH]c2=O)C(=O)c2ccc(Cl)cc2)cc1. The molecule has 3 aromatic carbocycles. The molecule has 1 aromatic heterocycles. The van der Waals surface area contributed by atoms with Crippen molar-refractivity contribution in [1.29, 1.82) is 0 Å². The predicted molar refractivity (Wildman–Crippen MR) is 129 cm³/mol. The minimum Gasteiger partial charge on any atom is -0.494 e. The highest BCUT2D eigenvalue weighted by molar-refractivity contribution is 6.30. The fourth-order valence-electron chi connectivity index (χ4n) is 3.63. The first-order chi connectivity index (χ1) is 15.5. The van der Waals surface area contributed by atoms with E-state index in [0.717, 1.165) is 16.5 Å². The van der Waals surface area contributed by atoms with Gasteiger partial charge in [0.1, 0.15) is 5.75 Å². The minimum absolute atomic E-state index is 0.120. The summed E-state index contributed by atoms with van der Waals surface area (Å²) >= 11 is 5.99. The van der Waals surface area contributed by atoms with Crippen molar-refractivity contribution in [2.75, 3.05) is 11.5 Å². The van der Waals surface area contributed by atoms with Gasteiger partial charge in [-0.25, -0.2) is 0 Å². The summed E-state index contributed by atoms with van der Waals surface area (Å²) in [7, 11) is 0. The lowest BCUT2D eigenvalue weighted by Gasteiger charge is -2.23. The molecule has 4 rings (SSSR count). The third-order valence-corrected chi connectivity index (χ3v) is 5.54. The Morgan fingerprint density at radius 1 is 1.03 bits per heavy atom. The molecule has 4 aromatic rings. The van der Waals surface area contributed by atoms with E-state index in [1.54, 1.807) is 29.2 Å². The number of para-hydroxylation sites is 1. The van der Waals surface area contributed by atoms with E-state index < -0.39 is 0 Å². The van der Waals surface area contributed by atoms with Crippen molar-refractivity contribution in [2.45, 2.75) is 20.4 Å². The fourth-order valence-corrected chi connectivity index (χ4v) is 3.76. The number of carbonyl (C=O) groups is 1. The number of rotatable bonds is 6. The van der Waals surface area contributed by atoms with Crippen molar-refractivity contribution in [3.05, 3.63) is 105 Å². The number of amides is 1. The number of pyridine rings is 1. The van der Waals surface area contributed by atoms with Crippen LogP contribution in [0.1, 0.15) is 28.4 Å². The summed E-state index contributed by atoms with van der Waals surface area (Å²) in [6.45, 7) is 4.54. The molecule has 1 N–H and O–H groups in total. The number of nitrogens with one attached hydrogen (secondary N) is 1. The Hall–Kier alpha value is -3.57. The molecule has 0 spiro atoms. The number of aromatic amines is 1. The molecular weight excluding hydrogens is 424 g/mol. The summed E-state index contributed by atoms with van der Waals surface area (Å²) < 4.78 is 5.52. The molecule has 162 valence electrons. The Labute approximate surface area is 191 Å².